The van der Waals surface area contributed by atoms with Gasteiger partial charge in [0.15, 0.2) is 14.7 Å². The minimum atomic E-state index is -0.0146. The first-order chi connectivity index (χ1) is 9.45. The van der Waals surface area contributed by atoms with Gasteiger partial charge in [-0.1, -0.05) is 54.6 Å². The monoisotopic (exact) mass is 350 g/mol. The summed E-state index contributed by atoms with van der Waals surface area (Å²) in [6.07, 6.45) is 0. The van der Waals surface area contributed by atoms with Gasteiger partial charge in [0.1, 0.15) is 0 Å². The van der Waals surface area contributed by atoms with E-state index in [1.54, 1.807) is 0 Å². The van der Waals surface area contributed by atoms with Gasteiger partial charge in [-0.15, -0.1) is 0 Å². The zero-order valence-electron chi connectivity index (χ0n) is 12.7. The van der Waals surface area contributed by atoms with Crippen LogP contribution in [0.1, 0.15) is 0 Å². The van der Waals surface area contributed by atoms with Crippen LogP contribution < -0.4 is 18.8 Å². The van der Waals surface area contributed by atoms with Crippen LogP contribution in [0.25, 0.3) is 0 Å². The molecule has 0 aliphatic heterocycles. The van der Waals surface area contributed by atoms with E-state index in [2.05, 4.69) is 91.0 Å². The van der Waals surface area contributed by atoms with Crippen LogP contribution >= 0.6 is 0 Å². The minimum absolute atomic E-state index is 0. The largest absolute Gasteiger partial charge is 3.00 e. The Labute approximate surface area is 144 Å². The molecule has 0 aliphatic carbocycles. The summed E-state index contributed by atoms with van der Waals surface area (Å²) >= 11 is 0. The number of halogens is 4. The Hall–Kier alpha value is -2.21. The SMILES string of the molecule is [B+3].[F-].[F-].[F-].[F-].c1ccc([S+](c2ccccc2)c2ccccc2)cc1. The molecule has 0 aromatic heterocycles. The third-order valence-corrected chi connectivity index (χ3v) is 5.17. The van der Waals surface area contributed by atoms with Crippen molar-refractivity contribution in [1.29, 1.82) is 0 Å². The van der Waals surface area contributed by atoms with E-state index in [0.717, 1.165) is 0 Å². The first-order valence-electron chi connectivity index (χ1n) is 6.34. The van der Waals surface area contributed by atoms with E-state index in [1.165, 1.54) is 14.7 Å². The van der Waals surface area contributed by atoms with Gasteiger partial charge in [-0.25, -0.2) is 0 Å². The fourth-order valence-electron chi connectivity index (χ4n) is 2.08. The van der Waals surface area contributed by atoms with Crippen molar-refractivity contribution < 1.29 is 18.8 Å². The van der Waals surface area contributed by atoms with Crippen molar-refractivity contribution in [2.45, 2.75) is 14.7 Å². The number of rotatable bonds is 3. The van der Waals surface area contributed by atoms with Crippen LogP contribution in [0.3, 0.4) is 0 Å². The fraction of sp³-hybridized carbons (Fsp3) is 0. The average Bonchev–Trinajstić information content (AvgIpc) is 2.51. The van der Waals surface area contributed by atoms with Gasteiger partial charge >= 0.3 is 8.41 Å². The first kappa shape index (κ1) is 26.7. The van der Waals surface area contributed by atoms with Gasteiger partial charge in [-0.2, -0.15) is 0 Å². The van der Waals surface area contributed by atoms with Gasteiger partial charge in [-0.3, -0.25) is 0 Å². The molecule has 0 bridgehead atoms. The van der Waals surface area contributed by atoms with E-state index < -0.39 is 0 Å². The predicted molar refractivity (Wildman–Crippen MR) is 87.2 cm³/mol. The maximum Gasteiger partial charge on any atom is 3.00 e. The third-order valence-electron chi connectivity index (χ3n) is 2.94. The molecule has 0 nitrogen and oxygen atoms in total. The zero-order valence-corrected chi connectivity index (χ0v) is 13.5. The van der Waals surface area contributed by atoms with Crippen molar-refractivity contribution >= 4 is 19.3 Å². The Bertz CT molecular complexity index is 545. The third kappa shape index (κ3) is 6.12. The summed E-state index contributed by atoms with van der Waals surface area (Å²) in [6, 6.07) is 32.2. The standard InChI is InChI=1S/C18H15S.B.4FH/c1-4-10-16(11-5-1)19(17-12-6-2-7-13-17)18-14-8-3-9-15-18;;;;;/h1-15H;;4*1H/q+1;+3;;;;/p-4. The summed E-state index contributed by atoms with van der Waals surface area (Å²) in [5, 5.41) is 0. The Morgan fingerprint density at radius 1 is 0.375 bits per heavy atom. The maximum absolute atomic E-state index is 2.21. The molecule has 3 rings (SSSR count). The Balaban J connectivity index is -0.000000882. The molecule has 0 spiro atoms. The van der Waals surface area contributed by atoms with E-state index >= 15 is 0 Å². The molecule has 0 amide bonds. The van der Waals surface area contributed by atoms with Crippen LogP contribution in [0.4, 0.5) is 0 Å². The molecule has 0 N–H and O–H groups in total. The van der Waals surface area contributed by atoms with Gasteiger partial charge < -0.3 is 18.8 Å². The average molecular weight is 350 g/mol. The molecule has 0 aliphatic rings. The zero-order chi connectivity index (χ0) is 12.9. The number of hydrogen-bond donors (Lipinski definition) is 0. The van der Waals surface area contributed by atoms with Crippen molar-refractivity contribution in [2.75, 3.05) is 0 Å². The van der Waals surface area contributed by atoms with Crippen molar-refractivity contribution in [3.05, 3.63) is 91.0 Å². The van der Waals surface area contributed by atoms with Crippen molar-refractivity contribution in [1.82, 2.24) is 0 Å². The summed E-state index contributed by atoms with van der Waals surface area (Å²) in [5.74, 6) is 0. The van der Waals surface area contributed by atoms with E-state index in [1.807, 2.05) is 0 Å². The second kappa shape index (κ2) is 13.3. The minimum Gasteiger partial charge on any atom is -1.00 e. The van der Waals surface area contributed by atoms with Crippen molar-refractivity contribution in [3.63, 3.8) is 0 Å². The van der Waals surface area contributed by atoms with Crippen LogP contribution in [-0.4, -0.2) is 8.41 Å². The maximum atomic E-state index is 2.21. The van der Waals surface area contributed by atoms with E-state index in [0.29, 0.717) is 0 Å². The van der Waals surface area contributed by atoms with Gasteiger partial charge in [0.2, 0.25) is 0 Å². The topological polar surface area (TPSA) is 0 Å². The second-order valence-electron chi connectivity index (χ2n) is 4.25. The molecule has 0 atom stereocenters. The normalized spacial score (nSPS) is 8.38. The molecular weight excluding hydrogens is 335 g/mol. The van der Waals surface area contributed by atoms with E-state index in [4.69, 9.17) is 0 Å². The molecule has 0 unspecified atom stereocenters. The van der Waals surface area contributed by atoms with E-state index in [9.17, 15) is 0 Å². The Morgan fingerprint density at radius 2 is 0.583 bits per heavy atom. The molecule has 0 saturated heterocycles. The number of hydrogen-bond acceptors (Lipinski definition) is 0. The Kier molecular flexibility index (Phi) is 14.7. The van der Waals surface area contributed by atoms with Crippen molar-refractivity contribution in [3.8, 4) is 0 Å². The summed E-state index contributed by atoms with van der Waals surface area (Å²) in [7, 11) is -0.0146. The molecule has 124 valence electrons. The quantitative estimate of drug-likeness (QED) is 0.250. The molecule has 3 aromatic carbocycles. The molecule has 0 radical (unpaired) electrons. The van der Waals surface area contributed by atoms with Gasteiger partial charge in [-0.05, 0) is 36.4 Å². The van der Waals surface area contributed by atoms with Crippen LogP contribution in [0.5, 0.6) is 0 Å². The summed E-state index contributed by atoms with van der Waals surface area (Å²) in [5.41, 5.74) is 0. The van der Waals surface area contributed by atoms with Crippen LogP contribution in [-0.2, 0) is 10.9 Å². The molecule has 0 heterocycles. The van der Waals surface area contributed by atoms with Crippen LogP contribution in [0.15, 0.2) is 106 Å². The van der Waals surface area contributed by atoms with Gasteiger partial charge in [0, 0.05) is 0 Å². The molecule has 0 fully saturated rings. The van der Waals surface area contributed by atoms with E-state index in [-0.39, 0.29) is 38.1 Å². The Morgan fingerprint density at radius 3 is 0.792 bits per heavy atom. The molecular formula is C18H15BF4S. The summed E-state index contributed by atoms with van der Waals surface area (Å²) in [4.78, 5) is 4.08. The van der Waals surface area contributed by atoms with Crippen LogP contribution in [0, 0.1) is 0 Å². The predicted octanol–water partition coefficient (Wildman–Crippen LogP) is -7.58. The second-order valence-corrected chi connectivity index (χ2v) is 6.27. The molecule has 6 heteroatoms. The number of benzene rings is 3. The molecule has 24 heavy (non-hydrogen) atoms. The fourth-order valence-corrected chi connectivity index (χ4v) is 4.18. The first-order valence-corrected chi connectivity index (χ1v) is 7.57. The molecule has 0 saturated carbocycles. The molecule has 3 aromatic rings. The van der Waals surface area contributed by atoms with Crippen molar-refractivity contribution in [2.24, 2.45) is 0 Å². The summed E-state index contributed by atoms with van der Waals surface area (Å²) < 4.78 is 0. The van der Waals surface area contributed by atoms with Gasteiger partial charge in [0.05, 0.1) is 10.9 Å². The van der Waals surface area contributed by atoms with Gasteiger partial charge in [0.25, 0.3) is 0 Å². The smallest absolute Gasteiger partial charge is 1.00 e. The summed E-state index contributed by atoms with van der Waals surface area (Å²) in [6.45, 7) is 0. The van der Waals surface area contributed by atoms with Crippen LogP contribution in [0.2, 0.25) is 0 Å².